The van der Waals surface area contributed by atoms with Crippen molar-refractivity contribution in [2.45, 2.75) is 17.7 Å². The molecule has 9 heteroatoms. The average Bonchev–Trinajstić information content (AvgIpc) is 3.39. The Labute approximate surface area is 227 Å². The Kier molecular flexibility index (Phi) is 7.76. The lowest BCUT2D eigenvalue weighted by atomic mass is 9.92. The summed E-state index contributed by atoms with van der Waals surface area (Å²) in [7, 11) is -2.01. The van der Waals surface area contributed by atoms with Gasteiger partial charge in [0.05, 0.1) is 15.6 Å². The highest BCUT2D eigenvalue weighted by atomic mass is 35.5. The van der Waals surface area contributed by atoms with E-state index in [-0.39, 0.29) is 9.92 Å². The van der Waals surface area contributed by atoms with E-state index in [1.807, 2.05) is 30.5 Å². The van der Waals surface area contributed by atoms with Gasteiger partial charge in [-0.15, -0.1) is 0 Å². The summed E-state index contributed by atoms with van der Waals surface area (Å²) in [5.41, 5.74) is 7.26. The zero-order chi connectivity index (χ0) is 26.7. The molecule has 2 N–H and O–H groups in total. The molecule has 5 rings (SSSR count). The number of nitrogens with one attached hydrogen (secondary N) is 2. The summed E-state index contributed by atoms with van der Waals surface area (Å²) in [6.07, 6.45) is 9.55. The number of aromatic nitrogens is 2. The van der Waals surface area contributed by atoms with Crippen LogP contribution in [-0.4, -0.2) is 50.0 Å². The van der Waals surface area contributed by atoms with Gasteiger partial charge in [-0.2, -0.15) is 0 Å². The molecule has 0 amide bonds. The maximum atomic E-state index is 13.8. The van der Waals surface area contributed by atoms with E-state index in [0.717, 1.165) is 66.0 Å². The molecule has 0 saturated carbocycles. The molecule has 1 aliphatic heterocycles. The van der Waals surface area contributed by atoms with Crippen LogP contribution < -0.4 is 4.72 Å². The molecule has 0 fully saturated rings. The topological polar surface area (TPSA) is 78.1 Å². The number of halogens is 2. The number of hydrogen-bond acceptors (Lipinski definition) is 4. The van der Waals surface area contributed by atoms with Crippen LogP contribution in [-0.2, 0) is 16.4 Å². The van der Waals surface area contributed by atoms with Gasteiger partial charge in [-0.3, -0.25) is 9.88 Å². The first kappa shape index (κ1) is 26.3. The summed E-state index contributed by atoms with van der Waals surface area (Å²) in [5, 5.41) is 0.0881. The summed E-state index contributed by atoms with van der Waals surface area (Å²) in [4.78, 5) is 10.2. The third kappa shape index (κ3) is 5.59. The second kappa shape index (κ2) is 11.2. The third-order valence-corrected chi connectivity index (χ3v) is 8.64. The lowest BCUT2D eigenvalue weighted by Gasteiger charge is -2.26. The molecule has 1 aliphatic rings. The first-order valence-electron chi connectivity index (χ1n) is 12.4. The molecule has 6 nitrogen and oxygen atoms in total. The number of pyridine rings is 1. The van der Waals surface area contributed by atoms with Crippen LogP contribution in [0.25, 0.3) is 28.0 Å². The van der Waals surface area contributed by atoms with E-state index >= 15 is 0 Å². The summed E-state index contributed by atoms with van der Waals surface area (Å²) in [5.74, 6) is -0.443. The average molecular weight is 551 g/mol. The lowest BCUT2D eigenvalue weighted by molar-refractivity contribution is 0.306. The molecule has 0 unspecified atom stereocenters. The number of nitrogens with zero attached hydrogens (tertiary/aromatic N) is 2. The van der Waals surface area contributed by atoms with Crippen molar-refractivity contribution in [1.29, 1.82) is 0 Å². The van der Waals surface area contributed by atoms with E-state index < -0.39 is 15.8 Å². The van der Waals surface area contributed by atoms with Gasteiger partial charge in [0.25, 0.3) is 0 Å². The molecular formula is C29H28ClFN4O2S. The number of sulfonamides is 1. The maximum Gasteiger partial charge on any atom is 0.240 e. The third-order valence-electron chi connectivity index (χ3n) is 6.92. The molecule has 3 heterocycles. The minimum absolute atomic E-state index is 0.0881. The quantitative estimate of drug-likeness (QED) is 0.292. The van der Waals surface area contributed by atoms with Crippen molar-refractivity contribution in [1.82, 2.24) is 19.6 Å². The molecule has 0 radical (unpaired) electrons. The molecule has 2 aromatic carbocycles. The van der Waals surface area contributed by atoms with Crippen LogP contribution >= 0.6 is 11.6 Å². The van der Waals surface area contributed by atoms with E-state index in [9.17, 15) is 12.8 Å². The minimum Gasteiger partial charge on any atom is -0.360 e. The number of aromatic amines is 1. The highest BCUT2D eigenvalue weighted by molar-refractivity contribution is 7.89. The Bertz CT molecular complexity index is 1570. The van der Waals surface area contributed by atoms with E-state index in [4.69, 9.17) is 11.6 Å². The molecule has 0 bridgehead atoms. The molecule has 0 spiro atoms. The Hall–Kier alpha value is -3.30. The summed E-state index contributed by atoms with van der Waals surface area (Å²) < 4.78 is 40.0. The van der Waals surface area contributed by atoms with Gasteiger partial charge >= 0.3 is 0 Å². The normalized spacial score (nSPS) is 14.4. The standard InChI is InChI=1S/C29H28ClFN4O2S/c1-32-38(36,37)24-5-2-20(3-6-24)10-15-35-16-11-21(12-17-35)25-19-34-29(23-4-7-27(31)26(30)18-23)28(25)22-8-13-33-14-9-22/h2-9,11,13-14,18-19,32,34H,10,12,15-17H2,1H3. The van der Waals surface area contributed by atoms with Crippen LogP contribution in [0.5, 0.6) is 0 Å². The van der Waals surface area contributed by atoms with Crippen molar-refractivity contribution < 1.29 is 12.8 Å². The summed E-state index contributed by atoms with van der Waals surface area (Å²) in [6.45, 7) is 2.61. The van der Waals surface area contributed by atoms with Crippen LogP contribution in [0.3, 0.4) is 0 Å². The van der Waals surface area contributed by atoms with Crippen molar-refractivity contribution in [3.8, 4) is 22.4 Å². The fraction of sp³-hybridized carbons (Fsp3) is 0.207. The van der Waals surface area contributed by atoms with Crippen LogP contribution in [0.4, 0.5) is 4.39 Å². The fourth-order valence-electron chi connectivity index (χ4n) is 4.77. The van der Waals surface area contributed by atoms with Gasteiger partial charge in [0.2, 0.25) is 10.0 Å². The molecule has 38 heavy (non-hydrogen) atoms. The van der Waals surface area contributed by atoms with Gasteiger partial charge in [0.15, 0.2) is 0 Å². The lowest BCUT2D eigenvalue weighted by Crippen LogP contribution is -2.30. The first-order chi connectivity index (χ1) is 18.4. The predicted octanol–water partition coefficient (Wildman–Crippen LogP) is 5.78. The van der Waals surface area contributed by atoms with Crippen molar-refractivity contribution in [2.75, 3.05) is 26.7 Å². The van der Waals surface area contributed by atoms with Crippen molar-refractivity contribution >= 4 is 27.2 Å². The van der Waals surface area contributed by atoms with Crippen LogP contribution in [0.1, 0.15) is 17.5 Å². The van der Waals surface area contributed by atoms with Crippen molar-refractivity contribution in [3.63, 3.8) is 0 Å². The smallest absolute Gasteiger partial charge is 0.240 e. The zero-order valence-corrected chi connectivity index (χ0v) is 22.5. The molecule has 196 valence electrons. The first-order valence-corrected chi connectivity index (χ1v) is 14.2. The SMILES string of the molecule is CNS(=O)(=O)c1ccc(CCN2CC=C(c3c[nH]c(-c4ccc(F)c(Cl)c4)c3-c3ccncc3)CC2)cc1. The fourth-order valence-corrected chi connectivity index (χ4v) is 5.68. The van der Waals surface area contributed by atoms with E-state index in [1.165, 1.54) is 18.7 Å². The van der Waals surface area contributed by atoms with E-state index in [0.29, 0.717) is 0 Å². The number of hydrogen-bond donors (Lipinski definition) is 2. The van der Waals surface area contributed by atoms with Gasteiger partial charge in [-0.25, -0.2) is 17.5 Å². The Balaban J connectivity index is 1.34. The second-order valence-electron chi connectivity index (χ2n) is 9.20. The maximum absolute atomic E-state index is 13.8. The second-order valence-corrected chi connectivity index (χ2v) is 11.5. The predicted molar refractivity (Wildman–Crippen MR) is 150 cm³/mol. The molecular weight excluding hydrogens is 523 g/mol. The molecule has 0 saturated heterocycles. The number of H-pyrrole nitrogens is 1. The molecule has 4 aromatic rings. The molecule has 2 aromatic heterocycles. The Morgan fingerprint density at radius 2 is 1.84 bits per heavy atom. The number of rotatable bonds is 8. The molecule has 0 aliphatic carbocycles. The van der Waals surface area contributed by atoms with Crippen LogP contribution in [0.15, 0.2) is 84.2 Å². The highest BCUT2D eigenvalue weighted by Crippen LogP contribution is 2.40. The minimum atomic E-state index is -3.42. The van der Waals surface area contributed by atoms with Gasteiger partial charge in [-0.05, 0) is 79.1 Å². The largest absolute Gasteiger partial charge is 0.360 e. The molecule has 0 atom stereocenters. The Morgan fingerprint density at radius 3 is 2.50 bits per heavy atom. The Morgan fingerprint density at radius 1 is 1.08 bits per heavy atom. The van der Waals surface area contributed by atoms with Gasteiger partial charge in [0.1, 0.15) is 5.82 Å². The summed E-state index contributed by atoms with van der Waals surface area (Å²) >= 11 is 6.10. The summed E-state index contributed by atoms with van der Waals surface area (Å²) in [6, 6.07) is 15.8. The van der Waals surface area contributed by atoms with E-state index in [2.05, 4.69) is 25.7 Å². The monoisotopic (exact) mass is 550 g/mol. The van der Waals surface area contributed by atoms with Crippen LogP contribution in [0, 0.1) is 5.82 Å². The van der Waals surface area contributed by atoms with Gasteiger partial charge in [0, 0.05) is 54.9 Å². The van der Waals surface area contributed by atoms with Crippen LogP contribution in [0.2, 0.25) is 5.02 Å². The van der Waals surface area contributed by atoms with Gasteiger partial charge < -0.3 is 4.98 Å². The van der Waals surface area contributed by atoms with Crippen molar-refractivity contribution in [3.05, 3.63) is 101 Å². The van der Waals surface area contributed by atoms with E-state index in [1.54, 1.807) is 36.7 Å². The van der Waals surface area contributed by atoms with Crippen molar-refractivity contribution in [2.24, 2.45) is 0 Å². The van der Waals surface area contributed by atoms with Gasteiger partial charge in [-0.1, -0.05) is 29.8 Å². The highest BCUT2D eigenvalue weighted by Gasteiger charge is 2.21. The zero-order valence-electron chi connectivity index (χ0n) is 20.9. The number of benzene rings is 2.